The van der Waals surface area contributed by atoms with E-state index < -0.39 is 17.5 Å². The number of nitrogens with zero attached hydrogens (tertiary/aromatic N) is 1. The van der Waals surface area contributed by atoms with Crippen molar-refractivity contribution in [2.75, 3.05) is 18.5 Å². The molecule has 0 saturated carbocycles. The van der Waals surface area contributed by atoms with E-state index in [-0.39, 0.29) is 11.6 Å². The lowest BCUT2D eigenvalue weighted by Gasteiger charge is -2.25. The number of carbonyl (C=O) groups is 1. The number of hydrogen-bond acceptors (Lipinski definition) is 4. The molecule has 0 atom stereocenters. The van der Waals surface area contributed by atoms with Crippen LogP contribution < -0.4 is 5.32 Å². The molecule has 2 rings (SSSR count). The molecule has 5 nitrogen and oxygen atoms in total. The lowest BCUT2D eigenvalue weighted by Crippen LogP contribution is -2.28. The van der Waals surface area contributed by atoms with Crippen LogP contribution in [0, 0.1) is 5.82 Å². The second-order valence-corrected chi connectivity index (χ2v) is 5.45. The molecule has 0 radical (unpaired) electrons. The van der Waals surface area contributed by atoms with E-state index in [1.165, 1.54) is 6.07 Å². The van der Waals surface area contributed by atoms with Crippen molar-refractivity contribution in [2.45, 2.75) is 32.3 Å². The summed E-state index contributed by atoms with van der Waals surface area (Å²) in [4.78, 5) is 15.6. The summed E-state index contributed by atoms with van der Waals surface area (Å²) >= 11 is 0. The van der Waals surface area contributed by atoms with Crippen molar-refractivity contribution < 1.29 is 18.7 Å². The Balaban J connectivity index is 2.08. The zero-order valence-electron chi connectivity index (χ0n) is 11.2. The van der Waals surface area contributed by atoms with E-state index >= 15 is 0 Å². The van der Waals surface area contributed by atoms with Gasteiger partial charge in [0.2, 0.25) is 0 Å². The van der Waals surface area contributed by atoms with E-state index in [2.05, 4.69) is 10.3 Å². The molecule has 0 bridgehead atoms. The fraction of sp³-hybridized carbons (Fsp3) is 0.538. The summed E-state index contributed by atoms with van der Waals surface area (Å²) in [5.41, 5.74) is 0.156. The molecule has 1 aliphatic rings. The molecule has 0 aromatic carbocycles. The van der Waals surface area contributed by atoms with Crippen LogP contribution in [0.5, 0.6) is 0 Å². The van der Waals surface area contributed by atoms with E-state index in [9.17, 15) is 9.18 Å². The first-order valence-electron chi connectivity index (χ1n) is 6.08. The average Bonchev–Trinajstić information content (AvgIpc) is 2.17. The van der Waals surface area contributed by atoms with E-state index in [1.54, 1.807) is 20.8 Å². The summed E-state index contributed by atoms with van der Waals surface area (Å²) in [6.45, 7) is 6.38. The van der Waals surface area contributed by atoms with Crippen LogP contribution in [-0.2, 0) is 9.47 Å². The number of amides is 1. The van der Waals surface area contributed by atoms with Crippen molar-refractivity contribution in [3.8, 4) is 0 Å². The Morgan fingerprint density at radius 3 is 2.74 bits per heavy atom. The first kappa shape index (κ1) is 13.7. The van der Waals surface area contributed by atoms with Gasteiger partial charge in [-0.25, -0.2) is 9.18 Å². The van der Waals surface area contributed by atoms with Crippen LogP contribution >= 0.6 is 0 Å². The van der Waals surface area contributed by atoms with Crippen molar-refractivity contribution in [3.63, 3.8) is 0 Å². The van der Waals surface area contributed by atoms with Gasteiger partial charge in [0.05, 0.1) is 30.8 Å². The molecule has 1 N–H and O–H groups in total. The molecular formula is C13H17FN2O3. The maximum absolute atomic E-state index is 13.6. The number of halogens is 1. The highest BCUT2D eigenvalue weighted by Gasteiger charge is 2.24. The van der Waals surface area contributed by atoms with Gasteiger partial charge in [-0.15, -0.1) is 0 Å². The van der Waals surface area contributed by atoms with Gasteiger partial charge in [-0.3, -0.25) is 10.3 Å². The number of anilines is 1. The number of pyridine rings is 1. The Bertz CT molecular complexity index is 481. The summed E-state index contributed by atoms with van der Waals surface area (Å²) in [6, 6.07) is 1.52. The van der Waals surface area contributed by atoms with E-state index in [0.29, 0.717) is 18.9 Å². The number of rotatable bonds is 2. The number of hydrogen-bond donors (Lipinski definition) is 1. The lowest BCUT2D eigenvalue weighted by molar-refractivity contribution is 0.00670. The van der Waals surface area contributed by atoms with Gasteiger partial charge in [0.15, 0.2) is 5.82 Å². The number of aromatic nitrogens is 1. The van der Waals surface area contributed by atoms with Gasteiger partial charge >= 0.3 is 6.09 Å². The van der Waals surface area contributed by atoms with Crippen molar-refractivity contribution in [1.29, 1.82) is 0 Å². The monoisotopic (exact) mass is 268 g/mol. The highest BCUT2D eigenvalue weighted by Crippen LogP contribution is 2.25. The van der Waals surface area contributed by atoms with Crippen LogP contribution in [0.3, 0.4) is 0 Å². The molecule has 1 aromatic heterocycles. The fourth-order valence-corrected chi connectivity index (χ4v) is 1.59. The molecule has 0 unspecified atom stereocenters. The molecular weight excluding hydrogens is 251 g/mol. The zero-order valence-corrected chi connectivity index (χ0v) is 11.2. The minimum Gasteiger partial charge on any atom is -0.444 e. The molecule has 1 aromatic rings. The van der Waals surface area contributed by atoms with Crippen molar-refractivity contribution in [2.24, 2.45) is 0 Å². The average molecular weight is 268 g/mol. The van der Waals surface area contributed by atoms with E-state index in [4.69, 9.17) is 9.47 Å². The highest BCUT2D eigenvalue weighted by atomic mass is 19.1. The lowest BCUT2D eigenvalue weighted by atomic mass is 10.0. The highest BCUT2D eigenvalue weighted by molar-refractivity contribution is 5.85. The molecule has 0 spiro atoms. The van der Waals surface area contributed by atoms with Crippen LogP contribution in [0.15, 0.2) is 12.3 Å². The van der Waals surface area contributed by atoms with Crippen LogP contribution in [0.1, 0.15) is 32.4 Å². The molecule has 1 amide bonds. The van der Waals surface area contributed by atoms with Crippen molar-refractivity contribution in [1.82, 2.24) is 4.98 Å². The first-order valence-corrected chi connectivity index (χ1v) is 6.08. The molecule has 1 aliphatic heterocycles. The second kappa shape index (κ2) is 5.13. The van der Waals surface area contributed by atoms with Crippen molar-refractivity contribution in [3.05, 3.63) is 23.8 Å². The maximum Gasteiger partial charge on any atom is 0.412 e. The fourth-order valence-electron chi connectivity index (χ4n) is 1.59. The topological polar surface area (TPSA) is 60.5 Å². The normalized spacial score (nSPS) is 15.8. The Morgan fingerprint density at radius 1 is 1.53 bits per heavy atom. The predicted molar refractivity (Wildman–Crippen MR) is 67.6 cm³/mol. The quantitative estimate of drug-likeness (QED) is 0.895. The molecule has 104 valence electrons. The largest absolute Gasteiger partial charge is 0.444 e. The van der Waals surface area contributed by atoms with Crippen LogP contribution in [-0.4, -0.2) is 29.9 Å². The van der Waals surface area contributed by atoms with Gasteiger partial charge in [0.1, 0.15) is 5.60 Å². The third-order valence-corrected chi connectivity index (χ3v) is 2.57. The molecule has 0 aliphatic carbocycles. The Morgan fingerprint density at radius 2 is 2.21 bits per heavy atom. The third-order valence-electron chi connectivity index (χ3n) is 2.57. The minimum absolute atomic E-state index is 0.0751. The Hall–Kier alpha value is -1.69. The third kappa shape index (κ3) is 3.64. The van der Waals surface area contributed by atoms with Gasteiger partial charge < -0.3 is 9.47 Å². The van der Waals surface area contributed by atoms with Crippen LogP contribution in [0.2, 0.25) is 0 Å². The summed E-state index contributed by atoms with van der Waals surface area (Å²) in [6.07, 6.45) is 0.411. The molecule has 1 fully saturated rings. The van der Waals surface area contributed by atoms with Gasteiger partial charge in [0.25, 0.3) is 0 Å². The maximum atomic E-state index is 13.6. The van der Waals surface area contributed by atoms with Gasteiger partial charge in [0, 0.05) is 5.92 Å². The Labute approximate surface area is 111 Å². The SMILES string of the molecule is CC(C)(C)OC(=O)Nc1cc(C2COC2)ncc1F. The standard InChI is InChI=1S/C13H17FN2O3/c1-13(2,3)19-12(17)16-11-4-10(8-6-18-7-8)15-5-9(11)14/h4-5,8H,6-7H2,1-3H3,(H,15,16,17). The summed E-state index contributed by atoms with van der Waals surface area (Å²) < 4.78 is 23.7. The predicted octanol–water partition coefficient (Wildman–Crippen LogP) is 2.68. The number of nitrogens with one attached hydrogen (secondary N) is 1. The number of ether oxygens (including phenoxy) is 2. The smallest absolute Gasteiger partial charge is 0.412 e. The van der Waals surface area contributed by atoms with E-state index in [1.807, 2.05) is 0 Å². The molecule has 2 heterocycles. The summed E-state index contributed by atoms with van der Waals surface area (Å²) in [5.74, 6) is -0.422. The van der Waals surface area contributed by atoms with Crippen molar-refractivity contribution >= 4 is 11.8 Å². The second-order valence-electron chi connectivity index (χ2n) is 5.45. The molecule has 6 heteroatoms. The van der Waals surface area contributed by atoms with Crippen LogP contribution in [0.25, 0.3) is 0 Å². The van der Waals surface area contributed by atoms with Gasteiger partial charge in [-0.2, -0.15) is 0 Å². The van der Waals surface area contributed by atoms with E-state index in [0.717, 1.165) is 6.20 Å². The number of carbonyl (C=O) groups excluding carboxylic acids is 1. The van der Waals surface area contributed by atoms with Gasteiger partial charge in [-0.05, 0) is 26.8 Å². The zero-order chi connectivity index (χ0) is 14.0. The summed E-state index contributed by atoms with van der Waals surface area (Å²) in [7, 11) is 0. The van der Waals surface area contributed by atoms with Crippen LogP contribution in [0.4, 0.5) is 14.9 Å². The summed E-state index contributed by atoms with van der Waals surface area (Å²) in [5, 5.41) is 2.39. The first-order chi connectivity index (χ1) is 8.85. The molecule has 19 heavy (non-hydrogen) atoms. The molecule has 1 saturated heterocycles. The van der Waals surface area contributed by atoms with Gasteiger partial charge in [-0.1, -0.05) is 0 Å². The minimum atomic E-state index is -0.687. The Kier molecular flexibility index (Phi) is 3.71.